The van der Waals surface area contributed by atoms with Crippen LogP contribution in [0, 0.1) is 20.8 Å². The summed E-state index contributed by atoms with van der Waals surface area (Å²) in [6.07, 6.45) is 4.35. The molecule has 0 spiro atoms. The van der Waals surface area contributed by atoms with Crippen LogP contribution in [0.3, 0.4) is 0 Å². The summed E-state index contributed by atoms with van der Waals surface area (Å²) in [5.41, 5.74) is 1.99. The van der Waals surface area contributed by atoms with E-state index in [0.717, 1.165) is 29.1 Å². The van der Waals surface area contributed by atoms with Gasteiger partial charge in [0.25, 0.3) is 5.91 Å². The highest BCUT2D eigenvalue weighted by atomic mass is 16.2. The number of rotatable bonds is 5. The van der Waals surface area contributed by atoms with Crippen LogP contribution in [0.15, 0.2) is 30.6 Å². The minimum atomic E-state index is -1.00. The molecule has 1 aromatic carbocycles. The number of hydrogen-bond acceptors (Lipinski definition) is 3. The summed E-state index contributed by atoms with van der Waals surface area (Å²) < 4.78 is 2.02. The van der Waals surface area contributed by atoms with Gasteiger partial charge in [-0.1, -0.05) is 23.8 Å². The second-order valence-corrected chi connectivity index (χ2v) is 6.85. The fraction of sp³-hybridized carbons (Fsp3) is 0.421. The number of hydrogen-bond donors (Lipinski definition) is 1. The lowest BCUT2D eigenvalue weighted by molar-refractivity contribution is -0.131. The third-order valence-corrected chi connectivity index (χ3v) is 4.90. The number of benzene rings is 1. The molecular weight excluding hydrogens is 316 g/mol. The molecule has 2 aromatic rings. The number of carbonyl (C=O) groups excluding carboxylic acids is 2. The Hall–Kier alpha value is -2.63. The average Bonchev–Trinajstić information content (AvgIpc) is 3.04. The summed E-state index contributed by atoms with van der Waals surface area (Å²) in [5, 5.41) is 2.88. The number of imidazole rings is 1. The Balaban J connectivity index is 1.74. The summed E-state index contributed by atoms with van der Waals surface area (Å²) in [4.78, 5) is 30.8. The first-order valence-corrected chi connectivity index (χ1v) is 8.52. The third-order valence-electron chi connectivity index (χ3n) is 4.90. The van der Waals surface area contributed by atoms with Gasteiger partial charge in [-0.15, -0.1) is 0 Å². The first-order chi connectivity index (χ1) is 11.8. The summed E-state index contributed by atoms with van der Waals surface area (Å²) >= 11 is 0. The molecule has 6 nitrogen and oxygen atoms in total. The summed E-state index contributed by atoms with van der Waals surface area (Å²) in [6.45, 7) is 8.82. The lowest BCUT2D eigenvalue weighted by Crippen LogP contribution is -2.41. The van der Waals surface area contributed by atoms with Gasteiger partial charge in [-0.25, -0.2) is 9.78 Å². The Labute approximate surface area is 147 Å². The molecule has 25 heavy (non-hydrogen) atoms. The first kappa shape index (κ1) is 17.2. The lowest BCUT2D eigenvalue weighted by atomic mass is 9.87. The SMILES string of the molecule is Cc1ccc([C@]2(C)NC(=O)N(CCCn3ccnc3C)C2=O)c(C)c1. The normalized spacial score (nSPS) is 20.2. The van der Waals surface area contributed by atoms with Gasteiger partial charge in [-0.2, -0.15) is 0 Å². The second-order valence-electron chi connectivity index (χ2n) is 6.85. The van der Waals surface area contributed by atoms with Gasteiger partial charge in [-0.05, 0) is 45.2 Å². The van der Waals surface area contributed by atoms with E-state index in [1.807, 2.05) is 49.7 Å². The number of nitrogens with one attached hydrogen (secondary N) is 1. The van der Waals surface area contributed by atoms with Crippen LogP contribution in [-0.4, -0.2) is 32.9 Å². The maximum Gasteiger partial charge on any atom is 0.325 e. The predicted molar refractivity (Wildman–Crippen MR) is 95.1 cm³/mol. The topological polar surface area (TPSA) is 67.2 Å². The van der Waals surface area contributed by atoms with Crippen molar-refractivity contribution in [3.8, 4) is 0 Å². The molecule has 1 fully saturated rings. The minimum absolute atomic E-state index is 0.188. The summed E-state index contributed by atoms with van der Waals surface area (Å²) in [7, 11) is 0. The van der Waals surface area contributed by atoms with E-state index in [-0.39, 0.29) is 11.9 Å². The van der Waals surface area contributed by atoms with E-state index in [1.54, 1.807) is 13.1 Å². The summed E-state index contributed by atoms with van der Waals surface area (Å²) in [5.74, 6) is 0.740. The molecule has 3 rings (SSSR count). The molecule has 2 heterocycles. The van der Waals surface area contributed by atoms with E-state index in [1.165, 1.54) is 4.90 Å². The highest BCUT2D eigenvalue weighted by Crippen LogP contribution is 2.31. The molecule has 0 radical (unpaired) electrons. The van der Waals surface area contributed by atoms with Crippen molar-refractivity contribution in [1.82, 2.24) is 19.8 Å². The molecule has 0 bridgehead atoms. The van der Waals surface area contributed by atoms with E-state index < -0.39 is 5.54 Å². The van der Waals surface area contributed by atoms with Crippen LogP contribution in [-0.2, 0) is 16.9 Å². The van der Waals surface area contributed by atoms with E-state index in [9.17, 15) is 9.59 Å². The van der Waals surface area contributed by atoms with Crippen LogP contribution in [0.2, 0.25) is 0 Å². The van der Waals surface area contributed by atoms with Crippen LogP contribution >= 0.6 is 0 Å². The Morgan fingerprint density at radius 2 is 1.92 bits per heavy atom. The van der Waals surface area contributed by atoms with Gasteiger partial charge in [0.2, 0.25) is 0 Å². The molecule has 1 aliphatic rings. The number of nitrogens with zero attached hydrogens (tertiary/aromatic N) is 3. The molecule has 132 valence electrons. The molecular formula is C19H24N4O2. The number of urea groups is 1. The van der Waals surface area contributed by atoms with Gasteiger partial charge >= 0.3 is 6.03 Å². The quantitative estimate of drug-likeness (QED) is 0.851. The van der Waals surface area contributed by atoms with E-state index in [2.05, 4.69) is 10.3 Å². The summed E-state index contributed by atoms with van der Waals surface area (Å²) in [6, 6.07) is 5.61. The standard InChI is InChI=1S/C19H24N4O2/c1-13-6-7-16(14(2)12-13)19(4)17(24)23(18(25)21-19)10-5-9-22-11-8-20-15(22)3/h6-8,11-12H,5,9-10H2,1-4H3,(H,21,25)/t19-/m0/s1. The van der Waals surface area contributed by atoms with Crippen LogP contribution in [0.5, 0.6) is 0 Å². The van der Waals surface area contributed by atoms with Gasteiger partial charge in [0.05, 0.1) is 0 Å². The van der Waals surface area contributed by atoms with Crippen molar-refractivity contribution >= 4 is 11.9 Å². The number of amides is 3. The predicted octanol–water partition coefficient (Wildman–Crippen LogP) is 2.67. The molecule has 1 saturated heterocycles. The fourth-order valence-electron chi connectivity index (χ4n) is 3.50. The molecule has 1 atom stereocenters. The van der Waals surface area contributed by atoms with Crippen molar-refractivity contribution in [1.29, 1.82) is 0 Å². The first-order valence-electron chi connectivity index (χ1n) is 8.52. The zero-order valence-electron chi connectivity index (χ0n) is 15.2. The van der Waals surface area contributed by atoms with Crippen molar-refractivity contribution in [2.24, 2.45) is 0 Å². The number of imide groups is 1. The van der Waals surface area contributed by atoms with E-state index in [0.29, 0.717) is 13.0 Å². The average molecular weight is 340 g/mol. The number of carbonyl (C=O) groups is 2. The fourth-order valence-corrected chi connectivity index (χ4v) is 3.50. The molecule has 6 heteroatoms. The smallest absolute Gasteiger partial charge is 0.325 e. The van der Waals surface area contributed by atoms with Crippen LogP contribution in [0.25, 0.3) is 0 Å². The Morgan fingerprint density at radius 1 is 1.16 bits per heavy atom. The highest BCUT2D eigenvalue weighted by Gasteiger charge is 2.49. The van der Waals surface area contributed by atoms with Crippen molar-refractivity contribution in [2.45, 2.75) is 46.2 Å². The second kappa shape index (κ2) is 6.35. The van der Waals surface area contributed by atoms with Crippen molar-refractivity contribution in [3.63, 3.8) is 0 Å². The Bertz CT molecular complexity index is 827. The van der Waals surface area contributed by atoms with Crippen LogP contribution in [0.4, 0.5) is 4.79 Å². The Morgan fingerprint density at radius 3 is 2.56 bits per heavy atom. The zero-order valence-corrected chi connectivity index (χ0v) is 15.2. The van der Waals surface area contributed by atoms with Gasteiger partial charge in [0.1, 0.15) is 11.4 Å². The van der Waals surface area contributed by atoms with E-state index >= 15 is 0 Å². The van der Waals surface area contributed by atoms with Gasteiger partial charge < -0.3 is 9.88 Å². The lowest BCUT2D eigenvalue weighted by Gasteiger charge is -2.24. The maximum atomic E-state index is 13.0. The van der Waals surface area contributed by atoms with Crippen LogP contribution < -0.4 is 5.32 Å². The highest BCUT2D eigenvalue weighted by molar-refractivity contribution is 6.07. The monoisotopic (exact) mass is 340 g/mol. The van der Waals surface area contributed by atoms with Crippen LogP contribution in [0.1, 0.15) is 35.9 Å². The largest absolute Gasteiger partial charge is 0.335 e. The maximum absolute atomic E-state index is 13.0. The van der Waals surface area contributed by atoms with Crippen molar-refractivity contribution in [2.75, 3.05) is 6.54 Å². The Kier molecular flexibility index (Phi) is 4.37. The molecule has 0 saturated carbocycles. The van der Waals surface area contributed by atoms with Crippen molar-refractivity contribution in [3.05, 3.63) is 53.1 Å². The molecule has 3 amide bonds. The van der Waals surface area contributed by atoms with E-state index in [4.69, 9.17) is 0 Å². The number of aromatic nitrogens is 2. The molecule has 1 N–H and O–H groups in total. The van der Waals surface area contributed by atoms with Crippen molar-refractivity contribution < 1.29 is 9.59 Å². The van der Waals surface area contributed by atoms with Gasteiger partial charge in [0, 0.05) is 25.5 Å². The molecule has 0 unspecified atom stereocenters. The third kappa shape index (κ3) is 3.04. The zero-order chi connectivity index (χ0) is 18.2. The molecule has 1 aliphatic heterocycles. The minimum Gasteiger partial charge on any atom is -0.335 e. The van der Waals surface area contributed by atoms with Gasteiger partial charge in [-0.3, -0.25) is 9.69 Å². The molecule has 0 aliphatic carbocycles. The molecule has 1 aromatic heterocycles. The van der Waals surface area contributed by atoms with Gasteiger partial charge in [0.15, 0.2) is 0 Å². The number of aryl methyl sites for hydroxylation is 4.